The van der Waals surface area contributed by atoms with Gasteiger partial charge in [-0.05, 0) is 93.5 Å². The van der Waals surface area contributed by atoms with Crippen LogP contribution in [-0.4, -0.2) is 4.57 Å². The molecule has 13 aromatic rings. The lowest BCUT2D eigenvalue weighted by Gasteiger charge is -2.41. The molecule has 0 N–H and O–H groups in total. The fourth-order valence-corrected chi connectivity index (χ4v) is 11.9. The van der Waals surface area contributed by atoms with E-state index in [9.17, 15) is 0 Å². The molecule has 65 heavy (non-hydrogen) atoms. The van der Waals surface area contributed by atoms with Gasteiger partial charge in [0.05, 0.1) is 33.5 Å². The highest BCUT2D eigenvalue weighted by molar-refractivity contribution is 6.15. The zero-order valence-corrected chi connectivity index (χ0v) is 35.0. The van der Waals surface area contributed by atoms with Gasteiger partial charge in [0.15, 0.2) is 5.58 Å². The van der Waals surface area contributed by atoms with Crippen LogP contribution >= 0.6 is 0 Å². The number of hydrogen-bond acceptors (Lipinski definition) is 3. The molecule has 0 radical (unpaired) electrons. The van der Waals surface area contributed by atoms with Crippen LogP contribution in [0.15, 0.2) is 227 Å². The van der Waals surface area contributed by atoms with Crippen LogP contribution in [0.25, 0.3) is 93.6 Å². The number of anilines is 3. The van der Waals surface area contributed by atoms with E-state index in [0.717, 1.165) is 72.1 Å². The van der Waals surface area contributed by atoms with Gasteiger partial charge in [0, 0.05) is 43.6 Å². The van der Waals surface area contributed by atoms with Crippen LogP contribution in [0.4, 0.5) is 17.1 Å². The Bertz CT molecular complexity index is 4150. The molecule has 15 rings (SSSR count). The number of nitrogens with zero attached hydrogens (tertiary/aromatic N) is 2. The van der Waals surface area contributed by atoms with Crippen molar-refractivity contribution in [3.05, 3.63) is 241 Å². The highest BCUT2D eigenvalue weighted by atomic mass is 16.3. The van der Waals surface area contributed by atoms with Gasteiger partial charge in [0.25, 0.3) is 0 Å². The molecular weight excluding hydrogens is 793 g/mol. The van der Waals surface area contributed by atoms with Gasteiger partial charge in [0.1, 0.15) is 16.7 Å². The zero-order chi connectivity index (χ0) is 42.4. The molecule has 2 aliphatic rings. The third kappa shape index (κ3) is 4.45. The maximum atomic E-state index is 6.93. The van der Waals surface area contributed by atoms with Crippen molar-refractivity contribution in [1.29, 1.82) is 0 Å². The Kier molecular flexibility index (Phi) is 6.85. The molecule has 0 saturated heterocycles. The molecule has 4 nitrogen and oxygen atoms in total. The average Bonchev–Trinajstić information content (AvgIpc) is 4.12. The molecule has 0 fully saturated rings. The molecule has 0 saturated carbocycles. The minimum absolute atomic E-state index is 0.666. The predicted octanol–water partition coefficient (Wildman–Crippen LogP) is 16.4. The van der Waals surface area contributed by atoms with E-state index in [1.54, 1.807) is 0 Å². The number of fused-ring (bicyclic) bond motifs is 18. The summed E-state index contributed by atoms with van der Waals surface area (Å²) in [5, 5.41) is 6.95. The Morgan fingerprint density at radius 2 is 0.985 bits per heavy atom. The van der Waals surface area contributed by atoms with E-state index in [1.807, 2.05) is 12.1 Å². The Labute approximate surface area is 373 Å². The first-order chi connectivity index (χ1) is 32.3. The van der Waals surface area contributed by atoms with E-state index in [4.69, 9.17) is 8.83 Å². The Hall–Kier alpha value is -8.60. The Morgan fingerprint density at radius 3 is 1.88 bits per heavy atom. The monoisotopic (exact) mass is 828 g/mol. The SMILES string of the molecule is c1ccc2c(c1)-c1cccc(N(c3ccc(-c4cccc5oc6ccccc6c45)cc3)c3cccc4c3oc3ccccc34)c1C21c2ccccc2-n2c3ccccc3c3cccc1c32. The molecular formula is C61H36N2O2. The molecule has 4 heteroatoms. The van der Waals surface area contributed by atoms with Gasteiger partial charge in [-0.1, -0.05) is 164 Å². The van der Waals surface area contributed by atoms with Crippen LogP contribution in [0.3, 0.4) is 0 Å². The van der Waals surface area contributed by atoms with E-state index in [2.05, 4.69) is 216 Å². The van der Waals surface area contributed by atoms with Crippen LogP contribution in [0.1, 0.15) is 22.3 Å². The van der Waals surface area contributed by atoms with Crippen LogP contribution in [0.2, 0.25) is 0 Å². The smallest absolute Gasteiger partial charge is 0.159 e. The normalized spacial score (nSPS) is 14.8. The maximum absolute atomic E-state index is 6.93. The van der Waals surface area contributed by atoms with Gasteiger partial charge in [-0.15, -0.1) is 0 Å². The fraction of sp³-hybridized carbons (Fsp3) is 0.0164. The number of furan rings is 2. The van der Waals surface area contributed by atoms with E-state index < -0.39 is 5.41 Å². The maximum Gasteiger partial charge on any atom is 0.159 e. The lowest BCUT2D eigenvalue weighted by atomic mass is 9.65. The van der Waals surface area contributed by atoms with Crippen molar-refractivity contribution in [1.82, 2.24) is 4.57 Å². The first kappa shape index (κ1) is 34.9. The standard InChI is InChI=1S/C61H36N2O2/c1-5-23-47-40(15-1)43-20-12-28-52(58(43)61(47)48-24-6-8-27-51(48)63-50-26-7-2-16-41(50)44-21-11-25-49(61)59(44)63)62(53-29-13-22-45-42-17-3-9-30-54(42)65-60(45)53)38-35-33-37(34-36-38)39-19-14-32-56-57(39)46-18-4-10-31-55(46)64-56/h1-36H. The number of rotatable bonds is 4. The third-order valence-corrected chi connectivity index (χ3v) is 14.4. The minimum Gasteiger partial charge on any atom is -0.456 e. The van der Waals surface area contributed by atoms with Crippen LogP contribution < -0.4 is 4.90 Å². The van der Waals surface area contributed by atoms with Crippen molar-refractivity contribution in [2.75, 3.05) is 4.90 Å². The second kappa shape index (κ2) is 12.7. The molecule has 1 unspecified atom stereocenters. The highest BCUT2D eigenvalue weighted by Crippen LogP contribution is 2.64. The summed E-state index contributed by atoms with van der Waals surface area (Å²) in [7, 11) is 0. The molecule has 1 spiro atoms. The third-order valence-electron chi connectivity index (χ3n) is 14.4. The van der Waals surface area contributed by atoms with Gasteiger partial charge in [-0.3, -0.25) is 0 Å². The Morgan fingerprint density at radius 1 is 0.385 bits per heavy atom. The Balaban J connectivity index is 1.05. The van der Waals surface area contributed by atoms with Crippen molar-refractivity contribution in [2.45, 2.75) is 5.41 Å². The van der Waals surface area contributed by atoms with Crippen molar-refractivity contribution in [2.24, 2.45) is 0 Å². The molecule has 4 heterocycles. The molecule has 3 aromatic heterocycles. The number of aromatic nitrogens is 1. The second-order valence-corrected chi connectivity index (χ2v) is 17.5. The van der Waals surface area contributed by atoms with Crippen molar-refractivity contribution in [3.8, 4) is 27.9 Å². The van der Waals surface area contributed by atoms with E-state index in [1.165, 1.54) is 60.9 Å². The fourth-order valence-electron chi connectivity index (χ4n) is 11.9. The van der Waals surface area contributed by atoms with Crippen LogP contribution in [0.5, 0.6) is 0 Å². The summed E-state index contributed by atoms with van der Waals surface area (Å²) in [6.45, 7) is 0. The summed E-state index contributed by atoms with van der Waals surface area (Å²) in [5.41, 5.74) is 19.4. The van der Waals surface area contributed by atoms with Crippen molar-refractivity contribution < 1.29 is 8.83 Å². The molecule has 1 aliphatic heterocycles. The summed E-state index contributed by atoms with van der Waals surface area (Å²) in [5.74, 6) is 0. The van der Waals surface area contributed by atoms with Gasteiger partial charge < -0.3 is 18.3 Å². The highest BCUT2D eigenvalue weighted by Gasteiger charge is 2.52. The first-order valence-electron chi connectivity index (χ1n) is 22.3. The topological polar surface area (TPSA) is 34.5 Å². The summed E-state index contributed by atoms with van der Waals surface area (Å²) < 4.78 is 15.8. The summed E-state index contributed by atoms with van der Waals surface area (Å²) >= 11 is 0. The lowest BCUT2D eigenvalue weighted by Crippen LogP contribution is -2.34. The molecule has 0 bridgehead atoms. The largest absolute Gasteiger partial charge is 0.456 e. The van der Waals surface area contributed by atoms with Gasteiger partial charge in [-0.2, -0.15) is 0 Å². The predicted molar refractivity (Wildman–Crippen MR) is 266 cm³/mol. The molecule has 0 amide bonds. The van der Waals surface area contributed by atoms with Crippen molar-refractivity contribution in [3.63, 3.8) is 0 Å². The van der Waals surface area contributed by atoms with E-state index in [0.29, 0.717) is 0 Å². The van der Waals surface area contributed by atoms with Crippen LogP contribution in [-0.2, 0) is 5.41 Å². The van der Waals surface area contributed by atoms with Gasteiger partial charge in [0.2, 0.25) is 0 Å². The summed E-state index contributed by atoms with van der Waals surface area (Å²) in [6.07, 6.45) is 0. The van der Waals surface area contributed by atoms with Crippen LogP contribution in [0, 0.1) is 0 Å². The number of para-hydroxylation sites is 6. The number of hydrogen-bond donors (Lipinski definition) is 0. The van der Waals surface area contributed by atoms with E-state index in [-0.39, 0.29) is 0 Å². The van der Waals surface area contributed by atoms with E-state index >= 15 is 0 Å². The lowest BCUT2D eigenvalue weighted by molar-refractivity contribution is 0.668. The average molecular weight is 829 g/mol. The first-order valence-corrected chi connectivity index (χ1v) is 22.3. The van der Waals surface area contributed by atoms with Gasteiger partial charge in [-0.25, -0.2) is 0 Å². The quantitative estimate of drug-likeness (QED) is 0.177. The second-order valence-electron chi connectivity index (χ2n) is 17.5. The molecule has 1 atom stereocenters. The zero-order valence-electron chi connectivity index (χ0n) is 35.0. The minimum atomic E-state index is -0.666. The summed E-state index contributed by atoms with van der Waals surface area (Å²) in [4.78, 5) is 2.46. The molecule has 1 aliphatic carbocycles. The summed E-state index contributed by atoms with van der Waals surface area (Å²) in [6, 6.07) is 79.6. The number of benzene rings is 10. The molecule has 10 aromatic carbocycles. The van der Waals surface area contributed by atoms with Gasteiger partial charge >= 0.3 is 0 Å². The molecule has 302 valence electrons. The van der Waals surface area contributed by atoms with Crippen molar-refractivity contribution >= 4 is 82.7 Å².